The molecule has 1 N–H and O–H groups in total. The number of unbranched alkanes of at least 4 members (excludes halogenated alkanes) is 8. The van der Waals surface area contributed by atoms with Crippen LogP contribution in [0.15, 0.2) is 41.3 Å². The van der Waals surface area contributed by atoms with Crippen LogP contribution in [0.1, 0.15) is 90.4 Å². The highest BCUT2D eigenvalue weighted by Crippen LogP contribution is 2.28. The third-order valence-corrected chi connectivity index (χ3v) is 6.23. The van der Waals surface area contributed by atoms with Gasteiger partial charge in [0.2, 0.25) is 0 Å². The van der Waals surface area contributed by atoms with Crippen LogP contribution >= 0.6 is 23.4 Å². The van der Waals surface area contributed by atoms with E-state index in [0.717, 1.165) is 43.4 Å². The zero-order valence-corrected chi connectivity index (χ0v) is 18.9. The molecule has 0 heterocycles. The largest absolute Gasteiger partial charge is 0.393 e. The monoisotopic (exact) mass is 424 g/mol. The topological polar surface area (TPSA) is 37.3 Å². The summed E-state index contributed by atoms with van der Waals surface area (Å²) in [5.41, 5.74) is 0. The van der Waals surface area contributed by atoms with Gasteiger partial charge < -0.3 is 5.11 Å². The van der Waals surface area contributed by atoms with Gasteiger partial charge >= 0.3 is 0 Å². The fraction of sp³-hybridized carbons (Fsp3) is 0.625. The predicted octanol–water partition coefficient (Wildman–Crippen LogP) is 7.97. The van der Waals surface area contributed by atoms with E-state index >= 15 is 0 Å². The van der Waals surface area contributed by atoms with Gasteiger partial charge in [0.05, 0.1) is 11.1 Å². The van der Waals surface area contributed by atoms with E-state index in [2.05, 4.69) is 19.1 Å². The number of thioether (sulfide) groups is 1. The Balaban J connectivity index is 1.93. The minimum Gasteiger partial charge on any atom is -0.393 e. The lowest BCUT2D eigenvalue weighted by atomic mass is 10.1. The van der Waals surface area contributed by atoms with Crippen molar-refractivity contribution in [1.82, 2.24) is 0 Å². The van der Waals surface area contributed by atoms with Gasteiger partial charge in [-0.3, -0.25) is 4.79 Å². The van der Waals surface area contributed by atoms with Gasteiger partial charge in [-0.2, -0.15) is 0 Å². The second-order valence-electron chi connectivity index (χ2n) is 7.42. The van der Waals surface area contributed by atoms with E-state index in [0.29, 0.717) is 11.4 Å². The average molecular weight is 425 g/mol. The van der Waals surface area contributed by atoms with E-state index in [4.69, 9.17) is 11.6 Å². The van der Waals surface area contributed by atoms with Crippen molar-refractivity contribution in [3.63, 3.8) is 0 Å². The molecule has 4 heteroatoms. The fourth-order valence-corrected chi connectivity index (χ4v) is 4.11. The van der Waals surface area contributed by atoms with Crippen molar-refractivity contribution >= 4 is 28.5 Å². The van der Waals surface area contributed by atoms with Gasteiger partial charge in [0.15, 0.2) is 5.12 Å². The molecule has 0 saturated heterocycles. The van der Waals surface area contributed by atoms with Gasteiger partial charge in [0, 0.05) is 11.3 Å². The standard InChI is InChI=1S/C24H37ClO2S/c1-2-3-4-11-16-21(26)17-12-9-7-5-6-8-10-13-20-24(27)28-23-19-15-14-18-22(23)25/h9,12,14-15,18-19,21,26H,2-8,10-11,13,16-17,20H2,1H3/b12-9-/t21-/m1/s1. The zero-order valence-electron chi connectivity index (χ0n) is 17.4. The highest BCUT2D eigenvalue weighted by atomic mass is 35.5. The third kappa shape index (κ3) is 13.4. The van der Waals surface area contributed by atoms with E-state index in [-0.39, 0.29) is 11.2 Å². The fourth-order valence-electron chi connectivity index (χ4n) is 3.06. The summed E-state index contributed by atoms with van der Waals surface area (Å²) in [4.78, 5) is 12.9. The van der Waals surface area contributed by atoms with Crippen LogP contribution in [0.2, 0.25) is 5.02 Å². The summed E-state index contributed by atoms with van der Waals surface area (Å²) < 4.78 is 0. The number of hydrogen-bond acceptors (Lipinski definition) is 3. The van der Waals surface area contributed by atoms with Crippen LogP contribution in [-0.4, -0.2) is 16.3 Å². The maximum Gasteiger partial charge on any atom is 0.193 e. The Labute approximate surface area is 181 Å². The smallest absolute Gasteiger partial charge is 0.193 e. The summed E-state index contributed by atoms with van der Waals surface area (Å²) in [6.07, 6.45) is 18.1. The Hall–Kier alpha value is -0.770. The minimum absolute atomic E-state index is 0.172. The number of hydrogen-bond donors (Lipinski definition) is 1. The third-order valence-electron chi connectivity index (χ3n) is 4.78. The summed E-state index contributed by atoms with van der Waals surface area (Å²) in [6, 6.07) is 7.50. The van der Waals surface area contributed by atoms with Gasteiger partial charge in [0.25, 0.3) is 0 Å². The van der Waals surface area contributed by atoms with Crippen molar-refractivity contribution < 1.29 is 9.90 Å². The maximum atomic E-state index is 12.0. The summed E-state index contributed by atoms with van der Waals surface area (Å²) >= 11 is 7.34. The van der Waals surface area contributed by atoms with Gasteiger partial charge in [-0.15, -0.1) is 0 Å². The van der Waals surface area contributed by atoms with Crippen LogP contribution in [-0.2, 0) is 4.79 Å². The quantitative estimate of drug-likeness (QED) is 0.166. The number of carbonyl (C=O) groups is 1. The second-order valence-corrected chi connectivity index (χ2v) is 8.93. The Morgan fingerprint density at radius 1 is 1.04 bits per heavy atom. The lowest BCUT2D eigenvalue weighted by molar-refractivity contribution is -0.111. The van der Waals surface area contributed by atoms with Crippen molar-refractivity contribution in [2.75, 3.05) is 0 Å². The molecule has 1 rings (SSSR count). The summed E-state index contributed by atoms with van der Waals surface area (Å²) in [6.45, 7) is 2.21. The maximum absolute atomic E-state index is 12.0. The molecule has 0 spiro atoms. The van der Waals surface area contributed by atoms with Gasteiger partial charge in [0.1, 0.15) is 0 Å². The molecule has 1 atom stereocenters. The molecule has 158 valence electrons. The molecule has 0 aliphatic rings. The average Bonchev–Trinajstić information content (AvgIpc) is 2.68. The molecule has 1 aromatic rings. The molecule has 0 aliphatic heterocycles. The van der Waals surface area contributed by atoms with Crippen LogP contribution in [0.4, 0.5) is 0 Å². The molecule has 2 nitrogen and oxygen atoms in total. The molecule has 0 aromatic heterocycles. The van der Waals surface area contributed by atoms with E-state index in [1.165, 1.54) is 50.3 Å². The van der Waals surface area contributed by atoms with Crippen LogP contribution in [0.5, 0.6) is 0 Å². The van der Waals surface area contributed by atoms with Crippen LogP contribution in [0.25, 0.3) is 0 Å². The molecule has 0 unspecified atom stereocenters. The van der Waals surface area contributed by atoms with Crippen molar-refractivity contribution in [2.45, 2.75) is 101 Å². The molecule has 0 amide bonds. The number of aliphatic hydroxyl groups is 1. The minimum atomic E-state index is -0.172. The number of aliphatic hydroxyl groups excluding tert-OH is 1. The molecule has 28 heavy (non-hydrogen) atoms. The Morgan fingerprint density at radius 3 is 2.54 bits per heavy atom. The first-order valence-corrected chi connectivity index (χ1v) is 12.1. The van der Waals surface area contributed by atoms with E-state index < -0.39 is 0 Å². The number of rotatable bonds is 16. The second kappa shape index (κ2) is 17.1. The molecule has 0 fully saturated rings. The van der Waals surface area contributed by atoms with Gasteiger partial charge in [-0.25, -0.2) is 0 Å². The molecule has 1 aromatic carbocycles. The summed E-state index contributed by atoms with van der Waals surface area (Å²) in [5.74, 6) is 0. The number of halogens is 1. The van der Waals surface area contributed by atoms with Crippen LogP contribution in [0.3, 0.4) is 0 Å². The molecular weight excluding hydrogens is 388 g/mol. The zero-order chi connectivity index (χ0) is 20.5. The van der Waals surface area contributed by atoms with E-state index in [1.54, 1.807) is 0 Å². The van der Waals surface area contributed by atoms with Crippen molar-refractivity contribution in [3.05, 3.63) is 41.4 Å². The number of allylic oxidation sites excluding steroid dienone is 1. The number of carbonyl (C=O) groups excluding carboxylic acids is 1. The normalized spacial score (nSPS) is 12.5. The molecule has 0 saturated carbocycles. The summed E-state index contributed by atoms with van der Waals surface area (Å²) in [5, 5.41) is 10.8. The highest BCUT2D eigenvalue weighted by Gasteiger charge is 2.07. The van der Waals surface area contributed by atoms with Crippen LogP contribution < -0.4 is 0 Å². The Morgan fingerprint density at radius 2 is 1.75 bits per heavy atom. The van der Waals surface area contributed by atoms with Crippen molar-refractivity contribution in [3.8, 4) is 0 Å². The SMILES string of the molecule is CCCCCC[C@@H](O)C/C=C\CCCCCCCC(=O)Sc1ccccc1Cl. The predicted molar refractivity (Wildman–Crippen MR) is 123 cm³/mol. The highest BCUT2D eigenvalue weighted by molar-refractivity contribution is 8.13. The first kappa shape index (κ1) is 25.3. The van der Waals surface area contributed by atoms with Crippen LogP contribution in [0, 0.1) is 0 Å². The van der Waals surface area contributed by atoms with E-state index in [9.17, 15) is 9.90 Å². The van der Waals surface area contributed by atoms with E-state index in [1.807, 2.05) is 24.3 Å². The lowest BCUT2D eigenvalue weighted by Crippen LogP contribution is -2.04. The molecule has 0 bridgehead atoms. The number of benzene rings is 1. The van der Waals surface area contributed by atoms with Crippen molar-refractivity contribution in [2.24, 2.45) is 0 Å². The Bertz CT molecular complexity index is 559. The first-order chi connectivity index (χ1) is 13.6. The van der Waals surface area contributed by atoms with Crippen molar-refractivity contribution in [1.29, 1.82) is 0 Å². The van der Waals surface area contributed by atoms with Gasteiger partial charge in [-0.1, -0.05) is 99.5 Å². The molecular formula is C24H37ClO2S. The summed E-state index contributed by atoms with van der Waals surface area (Å²) in [7, 11) is 0. The molecule has 0 aliphatic carbocycles. The molecule has 0 radical (unpaired) electrons. The Kier molecular flexibility index (Phi) is 15.4. The van der Waals surface area contributed by atoms with Gasteiger partial charge in [-0.05, 0) is 44.2 Å². The lowest BCUT2D eigenvalue weighted by Gasteiger charge is -2.07. The first-order valence-electron chi connectivity index (χ1n) is 10.9.